The SMILES string of the molecule is COc1cccc(OC)c1C=C(C(C)C(=Cc1c(OC)cccc1OC)P(=O)(c1ccccc1)c1ccccc1)C(C)(C)C. The summed E-state index contributed by atoms with van der Waals surface area (Å²) in [5.41, 5.74) is 2.30. The van der Waals surface area contributed by atoms with Gasteiger partial charge in [0.1, 0.15) is 23.0 Å². The Morgan fingerprint density at radius 1 is 0.591 bits per heavy atom. The van der Waals surface area contributed by atoms with Gasteiger partial charge in [-0.15, -0.1) is 0 Å². The largest absolute Gasteiger partial charge is 0.496 e. The minimum atomic E-state index is -3.44. The maximum absolute atomic E-state index is 16.1. The van der Waals surface area contributed by atoms with Gasteiger partial charge in [0.2, 0.25) is 0 Å². The predicted molar refractivity (Wildman–Crippen MR) is 183 cm³/mol. The van der Waals surface area contributed by atoms with Crippen LogP contribution < -0.4 is 29.6 Å². The molecule has 0 saturated carbocycles. The van der Waals surface area contributed by atoms with Crippen LogP contribution in [-0.2, 0) is 4.57 Å². The van der Waals surface area contributed by atoms with Crippen molar-refractivity contribution in [3.8, 4) is 23.0 Å². The van der Waals surface area contributed by atoms with Crippen LogP contribution in [0.5, 0.6) is 23.0 Å². The Morgan fingerprint density at radius 2 is 0.955 bits per heavy atom. The van der Waals surface area contributed by atoms with Crippen LogP contribution in [-0.4, -0.2) is 28.4 Å². The molecule has 0 aliphatic carbocycles. The molecule has 6 heteroatoms. The Labute approximate surface area is 262 Å². The van der Waals surface area contributed by atoms with Gasteiger partial charge in [-0.2, -0.15) is 0 Å². The number of allylic oxidation sites excluding steroid dienone is 2. The normalized spacial score (nSPS) is 13.3. The number of hydrogen-bond donors (Lipinski definition) is 0. The van der Waals surface area contributed by atoms with Gasteiger partial charge in [-0.25, -0.2) is 0 Å². The Balaban J connectivity index is 2.15. The van der Waals surface area contributed by atoms with E-state index in [-0.39, 0.29) is 11.3 Å². The van der Waals surface area contributed by atoms with Crippen LogP contribution in [0.15, 0.2) is 108 Å². The summed E-state index contributed by atoms with van der Waals surface area (Å²) in [6.07, 6.45) is 4.15. The van der Waals surface area contributed by atoms with Gasteiger partial charge in [0, 0.05) is 21.8 Å². The Kier molecular flexibility index (Phi) is 10.4. The van der Waals surface area contributed by atoms with Crippen LogP contribution in [0, 0.1) is 11.3 Å². The van der Waals surface area contributed by atoms with Crippen LogP contribution in [0.4, 0.5) is 0 Å². The van der Waals surface area contributed by atoms with Crippen molar-refractivity contribution < 1.29 is 23.5 Å². The lowest BCUT2D eigenvalue weighted by Gasteiger charge is -2.34. The molecule has 5 nitrogen and oxygen atoms in total. The fourth-order valence-electron chi connectivity index (χ4n) is 5.71. The first kappa shape index (κ1) is 32.7. The van der Waals surface area contributed by atoms with Crippen molar-refractivity contribution in [3.63, 3.8) is 0 Å². The van der Waals surface area contributed by atoms with Crippen LogP contribution in [0.1, 0.15) is 38.8 Å². The summed E-state index contributed by atoms with van der Waals surface area (Å²) in [5.74, 6) is 2.36. The highest BCUT2D eigenvalue weighted by atomic mass is 31.2. The van der Waals surface area contributed by atoms with Gasteiger partial charge in [0.25, 0.3) is 0 Å². The van der Waals surface area contributed by atoms with E-state index < -0.39 is 7.14 Å². The minimum Gasteiger partial charge on any atom is -0.496 e. The topological polar surface area (TPSA) is 54.0 Å². The molecule has 0 aliphatic heterocycles. The zero-order valence-corrected chi connectivity index (χ0v) is 27.9. The van der Waals surface area contributed by atoms with Crippen molar-refractivity contribution in [1.82, 2.24) is 0 Å². The fourth-order valence-corrected chi connectivity index (χ4v) is 8.78. The smallest absolute Gasteiger partial charge is 0.167 e. The van der Waals surface area contributed by atoms with Crippen LogP contribution in [0.2, 0.25) is 0 Å². The third-order valence-electron chi connectivity index (χ3n) is 7.90. The molecular weight excluding hydrogens is 567 g/mol. The summed E-state index contributed by atoms with van der Waals surface area (Å²) in [5, 5.41) is 2.26. The third-order valence-corrected chi connectivity index (χ3v) is 11.2. The first-order valence-corrected chi connectivity index (χ1v) is 16.4. The van der Waals surface area contributed by atoms with Crippen LogP contribution in [0.3, 0.4) is 0 Å². The molecule has 0 aliphatic rings. The van der Waals surface area contributed by atoms with Gasteiger partial charge in [-0.1, -0.05) is 106 Å². The second kappa shape index (κ2) is 14.1. The monoisotopic (exact) mass is 610 g/mol. The van der Waals surface area contributed by atoms with Crippen LogP contribution >= 0.6 is 7.14 Å². The molecule has 44 heavy (non-hydrogen) atoms. The summed E-state index contributed by atoms with van der Waals surface area (Å²) >= 11 is 0. The van der Waals surface area contributed by atoms with Crippen molar-refractivity contribution in [2.75, 3.05) is 28.4 Å². The molecule has 0 fully saturated rings. The van der Waals surface area contributed by atoms with Gasteiger partial charge in [-0.3, -0.25) is 0 Å². The second-order valence-corrected chi connectivity index (χ2v) is 14.3. The zero-order valence-electron chi connectivity index (χ0n) is 27.0. The summed E-state index contributed by atoms with van der Waals surface area (Å²) in [7, 11) is 3.15. The summed E-state index contributed by atoms with van der Waals surface area (Å²) < 4.78 is 39.2. The zero-order chi connectivity index (χ0) is 31.9. The van der Waals surface area contributed by atoms with Crippen molar-refractivity contribution in [2.45, 2.75) is 27.7 Å². The molecule has 0 N–H and O–H groups in total. The lowest BCUT2D eigenvalue weighted by atomic mass is 9.77. The number of ether oxygens (including phenoxy) is 4. The van der Waals surface area contributed by atoms with E-state index >= 15 is 4.57 Å². The fraction of sp³-hybridized carbons (Fsp3) is 0.263. The first-order chi connectivity index (χ1) is 21.1. The molecular formula is C38H43O5P. The van der Waals surface area contributed by atoms with E-state index in [2.05, 4.69) is 33.8 Å². The van der Waals surface area contributed by atoms with E-state index in [9.17, 15) is 0 Å². The van der Waals surface area contributed by atoms with E-state index in [1.165, 1.54) is 0 Å². The Bertz CT molecular complexity index is 1580. The third kappa shape index (κ3) is 6.64. The average Bonchev–Trinajstić information content (AvgIpc) is 3.05. The predicted octanol–water partition coefficient (Wildman–Crippen LogP) is 8.84. The van der Waals surface area contributed by atoms with Gasteiger partial charge in [0.15, 0.2) is 7.14 Å². The number of hydrogen-bond acceptors (Lipinski definition) is 5. The van der Waals surface area contributed by atoms with Gasteiger partial charge < -0.3 is 23.5 Å². The Morgan fingerprint density at radius 3 is 1.30 bits per heavy atom. The van der Waals surface area contributed by atoms with Crippen molar-refractivity contribution in [2.24, 2.45) is 11.3 Å². The van der Waals surface area contributed by atoms with Crippen molar-refractivity contribution >= 4 is 29.9 Å². The van der Waals surface area contributed by atoms with E-state index in [0.29, 0.717) is 23.0 Å². The molecule has 0 bridgehead atoms. The van der Waals surface area contributed by atoms with Crippen LogP contribution in [0.25, 0.3) is 12.2 Å². The number of benzene rings is 4. The number of rotatable bonds is 11. The van der Waals surface area contributed by atoms with Crippen molar-refractivity contribution in [3.05, 3.63) is 119 Å². The lowest BCUT2D eigenvalue weighted by Crippen LogP contribution is -2.24. The van der Waals surface area contributed by atoms with E-state index in [0.717, 1.165) is 32.6 Å². The molecule has 0 heterocycles. The highest BCUT2D eigenvalue weighted by molar-refractivity contribution is 7.82. The quantitative estimate of drug-likeness (QED) is 0.159. The first-order valence-electron chi connectivity index (χ1n) is 14.7. The molecule has 0 radical (unpaired) electrons. The molecule has 4 rings (SSSR count). The molecule has 0 spiro atoms. The number of methoxy groups -OCH3 is 4. The molecule has 4 aromatic rings. The standard InChI is InChI=1S/C38H43O5P/c1-27(32(38(2,3)4)25-30-33(40-5)21-15-22-34(30)41-6)37(26-31-35(42-7)23-16-24-36(31)43-8)44(39,28-17-11-9-12-18-28)29-19-13-10-14-20-29/h9-27H,1-8H3. The Hall–Kier alpha value is -4.21. The molecule has 1 unspecified atom stereocenters. The average molecular weight is 611 g/mol. The van der Waals surface area contributed by atoms with E-state index in [4.69, 9.17) is 18.9 Å². The van der Waals surface area contributed by atoms with E-state index in [1.807, 2.05) is 103 Å². The molecule has 0 aromatic heterocycles. The van der Waals surface area contributed by atoms with Gasteiger partial charge >= 0.3 is 0 Å². The molecule has 230 valence electrons. The summed E-state index contributed by atoms with van der Waals surface area (Å²) in [6, 6.07) is 30.9. The van der Waals surface area contributed by atoms with Gasteiger partial charge in [-0.05, 0) is 41.8 Å². The molecule has 4 aromatic carbocycles. The van der Waals surface area contributed by atoms with Crippen molar-refractivity contribution in [1.29, 1.82) is 0 Å². The van der Waals surface area contributed by atoms with E-state index in [1.54, 1.807) is 28.4 Å². The maximum Gasteiger partial charge on any atom is 0.167 e. The molecule has 0 saturated heterocycles. The molecule has 0 amide bonds. The molecule has 1 atom stereocenters. The highest BCUT2D eigenvalue weighted by Crippen LogP contribution is 2.59. The lowest BCUT2D eigenvalue weighted by molar-refractivity contribution is 0.392. The minimum absolute atomic E-state index is 0.300. The van der Waals surface area contributed by atoms with Gasteiger partial charge in [0.05, 0.1) is 39.6 Å². The second-order valence-electron chi connectivity index (χ2n) is 11.6. The summed E-state index contributed by atoms with van der Waals surface area (Å²) in [6.45, 7) is 8.66. The highest BCUT2D eigenvalue weighted by Gasteiger charge is 2.38. The maximum atomic E-state index is 16.1. The summed E-state index contributed by atoms with van der Waals surface area (Å²) in [4.78, 5) is 0.